The summed E-state index contributed by atoms with van der Waals surface area (Å²) in [6.45, 7) is 13.3. The first-order valence-electron chi connectivity index (χ1n) is 6.62. The average molecular weight is 227 g/mol. The van der Waals surface area contributed by atoms with Crippen LogP contribution in [0, 0.1) is 5.41 Å². The minimum Gasteiger partial charge on any atom is -0.329 e. The maximum atomic E-state index is 5.64. The lowest BCUT2D eigenvalue weighted by atomic mass is 9.90. The molecule has 1 rings (SSSR count). The van der Waals surface area contributed by atoms with E-state index >= 15 is 0 Å². The Balaban J connectivity index is 2.27. The van der Waals surface area contributed by atoms with Crippen LogP contribution in [-0.2, 0) is 0 Å². The number of nitrogens with one attached hydrogen (secondary N) is 1. The van der Waals surface area contributed by atoms with E-state index in [4.69, 9.17) is 5.73 Å². The van der Waals surface area contributed by atoms with Crippen LogP contribution in [0.3, 0.4) is 0 Å². The molecule has 1 heterocycles. The molecule has 1 fully saturated rings. The highest BCUT2D eigenvalue weighted by Gasteiger charge is 2.30. The third-order valence-corrected chi connectivity index (χ3v) is 3.58. The summed E-state index contributed by atoms with van der Waals surface area (Å²) >= 11 is 0. The van der Waals surface area contributed by atoms with Crippen LogP contribution in [-0.4, -0.2) is 43.2 Å². The fourth-order valence-corrected chi connectivity index (χ4v) is 2.55. The molecule has 3 nitrogen and oxygen atoms in total. The molecule has 1 aliphatic heterocycles. The minimum absolute atomic E-state index is 0.487. The zero-order chi connectivity index (χ0) is 12.2. The third-order valence-electron chi connectivity index (χ3n) is 3.58. The predicted octanol–water partition coefficient (Wildman–Crippen LogP) is 1.43. The Morgan fingerprint density at radius 1 is 1.38 bits per heavy atom. The molecule has 0 radical (unpaired) electrons. The predicted molar refractivity (Wildman–Crippen MR) is 70.6 cm³/mol. The van der Waals surface area contributed by atoms with Gasteiger partial charge in [-0.05, 0) is 38.6 Å². The Bertz CT molecular complexity index is 201. The standard InChI is InChI=1S/C13H29N3/c1-11(2)16(8-6-14)7-5-12-9-13(3,4)10-15-12/h11-12,15H,5-10,14H2,1-4H3. The number of nitrogens with zero attached hydrogens (tertiary/aromatic N) is 1. The molecule has 0 aromatic rings. The Morgan fingerprint density at radius 2 is 2.06 bits per heavy atom. The zero-order valence-electron chi connectivity index (χ0n) is 11.4. The van der Waals surface area contributed by atoms with Gasteiger partial charge in [0.1, 0.15) is 0 Å². The molecule has 16 heavy (non-hydrogen) atoms. The van der Waals surface area contributed by atoms with Crippen LogP contribution in [0.15, 0.2) is 0 Å². The van der Waals surface area contributed by atoms with Crippen molar-refractivity contribution in [3.05, 3.63) is 0 Å². The van der Waals surface area contributed by atoms with Gasteiger partial charge in [0.2, 0.25) is 0 Å². The third kappa shape index (κ3) is 4.40. The maximum Gasteiger partial charge on any atom is 0.0107 e. The topological polar surface area (TPSA) is 41.3 Å². The van der Waals surface area contributed by atoms with E-state index < -0.39 is 0 Å². The molecule has 0 bridgehead atoms. The van der Waals surface area contributed by atoms with Crippen molar-refractivity contribution in [3.63, 3.8) is 0 Å². The average Bonchev–Trinajstić information content (AvgIpc) is 2.52. The number of rotatable bonds is 6. The van der Waals surface area contributed by atoms with Crippen LogP contribution in [0.1, 0.15) is 40.5 Å². The summed E-state index contributed by atoms with van der Waals surface area (Å²) in [5.74, 6) is 0. The SMILES string of the molecule is CC(C)N(CCN)CCC1CC(C)(C)CN1. The molecule has 1 saturated heterocycles. The van der Waals surface area contributed by atoms with Crippen molar-refractivity contribution in [3.8, 4) is 0 Å². The quantitative estimate of drug-likeness (QED) is 0.721. The largest absolute Gasteiger partial charge is 0.329 e. The summed E-state index contributed by atoms with van der Waals surface area (Å²) in [5.41, 5.74) is 6.12. The van der Waals surface area contributed by atoms with Gasteiger partial charge in [-0.25, -0.2) is 0 Å². The van der Waals surface area contributed by atoms with Gasteiger partial charge in [-0.1, -0.05) is 13.8 Å². The van der Waals surface area contributed by atoms with Crippen molar-refractivity contribution in [1.29, 1.82) is 0 Å². The van der Waals surface area contributed by atoms with Crippen LogP contribution < -0.4 is 11.1 Å². The summed E-state index contributed by atoms with van der Waals surface area (Å²) < 4.78 is 0. The summed E-state index contributed by atoms with van der Waals surface area (Å²) in [4.78, 5) is 2.48. The van der Waals surface area contributed by atoms with E-state index in [1.165, 1.54) is 19.4 Å². The summed E-state index contributed by atoms with van der Waals surface area (Å²) in [5, 5.41) is 3.63. The number of hydrogen-bond donors (Lipinski definition) is 2. The van der Waals surface area contributed by atoms with Crippen LogP contribution in [0.2, 0.25) is 0 Å². The molecule has 96 valence electrons. The van der Waals surface area contributed by atoms with Crippen molar-refractivity contribution in [2.75, 3.05) is 26.2 Å². The van der Waals surface area contributed by atoms with E-state index in [1.54, 1.807) is 0 Å². The molecule has 0 aliphatic carbocycles. The highest BCUT2D eigenvalue weighted by atomic mass is 15.2. The molecule has 0 aromatic heterocycles. The zero-order valence-corrected chi connectivity index (χ0v) is 11.4. The lowest BCUT2D eigenvalue weighted by molar-refractivity contribution is 0.216. The Labute approximate surface area is 101 Å². The molecule has 0 saturated carbocycles. The summed E-state index contributed by atoms with van der Waals surface area (Å²) in [6.07, 6.45) is 2.56. The van der Waals surface area contributed by atoms with E-state index in [1.807, 2.05) is 0 Å². The number of hydrogen-bond acceptors (Lipinski definition) is 3. The van der Waals surface area contributed by atoms with E-state index in [2.05, 4.69) is 37.9 Å². The Kier molecular flexibility index (Phi) is 5.22. The van der Waals surface area contributed by atoms with Gasteiger partial charge in [-0.3, -0.25) is 4.90 Å². The molecule has 3 N–H and O–H groups in total. The van der Waals surface area contributed by atoms with Gasteiger partial charge < -0.3 is 11.1 Å². The second kappa shape index (κ2) is 5.99. The van der Waals surface area contributed by atoms with E-state index in [9.17, 15) is 0 Å². The summed E-state index contributed by atoms with van der Waals surface area (Å²) in [6, 6.07) is 1.31. The fourth-order valence-electron chi connectivity index (χ4n) is 2.55. The van der Waals surface area contributed by atoms with Crippen LogP contribution >= 0.6 is 0 Å². The van der Waals surface area contributed by atoms with Crippen molar-refractivity contribution in [1.82, 2.24) is 10.2 Å². The molecule has 0 aromatic carbocycles. The van der Waals surface area contributed by atoms with Crippen molar-refractivity contribution < 1.29 is 0 Å². The molecule has 0 spiro atoms. The molecular weight excluding hydrogens is 198 g/mol. The van der Waals surface area contributed by atoms with Crippen LogP contribution in [0.5, 0.6) is 0 Å². The minimum atomic E-state index is 0.487. The van der Waals surface area contributed by atoms with Gasteiger partial charge in [0.25, 0.3) is 0 Å². The molecule has 3 heteroatoms. The molecule has 1 atom stereocenters. The second-order valence-corrected chi connectivity index (χ2v) is 6.15. The van der Waals surface area contributed by atoms with Gasteiger partial charge in [0.15, 0.2) is 0 Å². The van der Waals surface area contributed by atoms with Crippen molar-refractivity contribution in [2.45, 2.75) is 52.6 Å². The van der Waals surface area contributed by atoms with Crippen molar-refractivity contribution in [2.24, 2.45) is 11.1 Å². The molecule has 1 aliphatic rings. The van der Waals surface area contributed by atoms with Gasteiger partial charge in [0.05, 0.1) is 0 Å². The Hall–Kier alpha value is -0.120. The number of nitrogens with two attached hydrogens (primary N) is 1. The lowest BCUT2D eigenvalue weighted by Gasteiger charge is -2.27. The van der Waals surface area contributed by atoms with Gasteiger partial charge >= 0.3 is 0 Å². The Morgan fingerprint density at radius 3 is 2.50 bits per heavy atom. The lowest BCUT2D eigenvalue weighted by Crippen LogP contribution is -2.38. The van der Waals surface area contributed by atoms with E-state index in [0.29, 0.717) is 17.5 Å². The monoisotopic (exact) mass is 227 g/mol. The first kappa shape index (κ1) is 13.9. The molecule has 0 amide bonds. The van der Waals surface area contributed by atoms with E-state index in [0.717, 1.165) is 19.6 Å². The summed E-state index contributed by atoms with van der Waals surface area (Å²) in [7, 11) is 0. The van der Waals surface area contributed by atoms with Gasteiger partial charge in [0, 0.05) is 31.7 Å². The smallest absolute Gasteiger partial charge is 0.0107 e. The molecular formula is C13H29N3. The van der Waals surface area contributed by atoms with Gasteiger partial charge in [-0.2, -0.15) is 0 Å². The maximum absolute atomic E-state index is 5.64. The highest BCUT2D eigenvalue weighted by Crippen LogP contribution is 2.28. The van der Waals surface area contributed by atoms with Crippen LogP contribution in [0.25, 0.3) is 0 Å². The van der Waals surface area contributed by atoms with Crippen LogP contribution in [0.4, 0.5) is 0 Å². The highest BCUT2D eigenvalue weighted by molar-refractivity contribution is 4.88. The normalized spacial score (nSPS) is 24.6. The fraction of sp³-hybridized carbons (Fsp3) is 1.00. The first-order valence-corrected chi connectivity index (χ1v) is 6.62. The van der Waals surface area contributed by atoms with E-state index in [-0.39, 0.29) is 0 Å². The second-order valence-electron chi connectivity index (χ2n) is 6.15. The van der Waals surface area contributed by atoms with Gasteiger partial charge in [-0.15, -0.1) is 0 Å². The first-order chi connectivity index (χ1) is 7.44. The molecule has 1 unspecified atom stereocenters. The van der Waals surface area contributed by atoms with Crippen molar-refractivity contribution >= 4 is 0 Å².